The van der Waals surface area contributed by atoms with Crippen molar-refractivity contribution in [3.05, 3.63) is 55.5 Å². The number of hydrogen-bond donors (Lipinski definition) is 1. The second-order valence-corrected chi connectivity index (χ2v) is 3.78. The summed E-state index contributed by atoms with van der Waals surface area (Å²) in [6.45, 7) is 5.49. The van der Waals surface area contributed by atoms with Crippen LogP contribution in [0.25, 0.3) is 11.1 Å². The molecular formula is C12H12N2O4. The second kappa shape index (κ2) is 4.48. The molecule has 0 aliphatic heterocycles. The van der Waals surface area contributed by atoms with Crippen molar-refractivity contribution in [1.29, 1.82) is 0 Å². The maximum Gasteiger partial charge on any atom is 0.337 e. The first-order valence-electron chi connectivity index (χ1n) is 5.49. The molecule has 0 aromatic carbocycles. The van der Waals surface area contributed by atoms with E-state index >= 15 is 0 Å². The van der Waals surface area contributed by atoms with E-state index in [0.717, 1.165) is 0 Å². The fourth-order valence-corrected chi connectivity index (χ4v) is 1.85. The van der Waals surface area contributed by atoms with Crippen molar-refractivity contribution in [1.82, 2.24) is 9.55 Å². The molecule has 94 valence electrons. The molecule has 0 fully saturated rings. The molecule has 2 rings (SSSR count). The first kappa shape index (κ1) is 12.1. The monoisotopic (exact) mass is 248 g/mol. The van der Waals surface area contributed by atoms with Crippen LogP contribution in [-0.4, -0.2) is 9.55 Å². The van der Waals surface area contributed by atoms with Crippen LogP contribution in [0.15, 0.2) is 37.5 Å². The average molecular weight is 248 g/mol. The smallest absolute Gasteiger partial charge is 0.337 e. The normalized spacial score (nSPS) is 10.7. The van der Waals surface area contributed by atoms with Gasteiger partial charge in [0.05, 0.1) is 0 Å². The Balaban J connectivity index is 3.07. The molecular weight excluding hydrogens is 236 g/mol. The largest absolute Gasteiger partial charge is 0.405 e. The van der Waals surface area contributed by atoms with E-state index in [1.165, 1.54) is 16.7 Å². The Hall–Kier alpha value is -2.37. The van der Waals surface area contributed by atoms with Gasteiger partial charge in [0.15, 0.2) is 0 Å². The van der Waals surface area contributed by atoms with E-state index in [0.29, 0.717) is 12.0 Å². The van der Waals surface area contributed by atoms with Crippen molar-refractivity contribution in [3.63, 3.8) is 0 Å². The fraction of sp³-hybridized carbons (Fsp3) is 0.250. The van der Waals surface area contributed by atoms with Gasteiger partial charge in [-0.1, -0.05) is 13.0 Å². The lowest BCUT2D eigenvalue weighted by Gasteiger charge is -2.07. The molecule has 0 radical (unpaired) electrons. The predicted octanol–water partition coefficient (Wildman–Crippen LogP) is 0.391. The number of nitrogens with one attached hydrogen (secondary N) is 1. The van der Waals surface area contributed by atoms with E-state index in [4.69, 9.17) is 4.42 Å². The molecule has 6 nitrogen and oxygen atoms in total. The van der Waals surface area contributed by atoms with Crippen molar-refractivity contribution in [3.8, 4) is 0 Å². The van der Waals surface area contributed by atoms with E-state index in [2.05, 4.69) is 11.6 Å². The SMILES string of the molecule is C=CCn1c(=O)[nH]c(=O)c2c(CC)cc(=O)oc21. The highest BCUT2D eigenvalue weighted by atomic mass is 16.4. The summed E-state index contributed by atoms with van der Waals surface area (Å²) in [6.07, 6.45) is 1.98. The molecule has 0 atom stereocenters. The van der Waals surface area contributed by atoms with Crippen LogP contribution < -0.4 is 16.9 Å². The van der Waals surface area contributed by atoms with Crippen LogP contribution in [-0.2, 0) is 13.0 Å². The van der Waals surface area contributed by atoms with E-state index < -0.39 is 16.9 Å². The summed E-state index contributed by atoms with van der Waals surface area (Å²) in [5, 5.41) is 0.235. The van der Waals surface area contributed by atoms with Gasteiger partial charge < -0.3 is 4.42 Å². The maximum atomic E-state index is 11.8. The van der Waals surface area contributed by atoms with Gasteiger partial charge in [0, 0.05) is 12.6 Å². The Morgan fingerprint density at radius 2 is 2.17 bits per heavy atom. The molecule has 0 saturated heterocycles. The Labute approximate surface area is 101 Å². The van der Waals surface area contributed by atoms with E-state index in [-0.39, 0.29) is 17.6 Å². The van der Waals surface area contributed by atoms with Gasteiger partial charge in [-0.3, -0.25) is 14.3 Å². The Morgan fingerprint density at radius 1 is 1.44 bits per heavy atom. The van der Waals surface area contributed by atoms with E-state index in [9.17, 15) is 14.4 Å². The van der Waals surface area contributed by atoms with Crippen molar-refractivity contribution in [2.45, 2.75) is 19.9 Å². The topological polar surface area (TPSA) is 85.1 Å². The molecule has 1 N–H and O–H groups in total. The molecule has 0 bridgehead atoms. The number of aromatic nitrogens is 2. The molecule has 0 saturated carbocycles. The van der Waals surface area contributed by atoms with Gasteiger partial charge in [-0.2, -0.15) is 0 Å². The van der Waals surface area contributed by atoms with Crippen molar-refractivity contribution < 1.29 is 4.42 Å². The lowest BCUT2D eigenvalue weighted by atomic mass is 10.1. The average Bonchev–Trinajstić information content (AvgIpc) is 2.32. The van der Waals surface area contributed by atoms with Crippen LogP contribution in [0.4, 0.5) is 0 Å². The van der Waals surface area contributed by atoms with Gasteiger partial charge in [-0.05, 0) is 12.0 Å². The Bertz CT molecular complexity index is 779. The van der Waals surface area contributed by atoms with Crippen LogP contribution in [0.1, 0.15) is 12.5 Å². The summed E-state index contributed by atoms with van der Waals surface area (Å²) in [5.74, 6) is 0. The van der Waals surface area contributed by atoms with Gasteiger partial charge >= 0.3 is 11.3 Å². The highest BCUT2D eigenvalue weighted by Crippen LogP contribution is 2.11. The van der Waals surface area contributed by atoms with Crippen LogP contribution in [0.5, 0.6) is 0 Å². The van der Waals surface area contributed by atoms with Crippen molar-refractivity contribution in [2.24, 2.45) is 0 Å². The minimum Gasteiger partial charge on any atom is -0.405 e. The summed E-state index contributed by atoms with van der Waals surface area (Å²) in [6, 6.07) is 1.26. The number of aromatic amines is 1. The number of aryl methyl sites for hydroxylation is 1. The van der Waals surface area contributed by atoms with Gasteiger partial charge in [0.25, 0.3) is 5.56 Å². The van der Waals surface area contributed by atoms with Crippen LogP contribution in [0, 0.1) is 0 Å². The highest BCUT2D eigenvalue weighted by molar-refractivity contribution is 5.75. The van der Waals surface area contributed by atoms with Gasteiger partial charge in [-0.15, -0.1) is 6.58 Å². The summed E-state index contributed by atoms with van der Waals surface area (Å²) >= 11 is 0. The molecule has 0 amide bonds. The van der Waals surface area contributed by atoms with Crippen molar-refractivity contribution >= 4 is 11.1 Å². The molecule has 0 aliphatic carbocycles. The molecule has 2 heterocycles. The summed E-state index contributed by atoms with van der Waals surface area (Å²) < 4.78 is 6.16. The van der Waals surface area contributed by atoms with Gasteiger partial charge in [0.1, 0.15) is 5.39 Å². The van der Waals surface area contributed by atoms with Crippen LogP contribution in [0.3, 0.4) is 0 Å². The van der Waals surface area contributed by atoms with E-state index in [1.807, 2.05) is 6.92 Å². The van der Waals surface area contributed by atoms with Gasteiger partial charge in [0.2, 0.25) is 5.71 Å². The predicted molar refractivity (Wildman–Crippen MR) is 66.9 cm³/mol. The summed E-state index contributed by atoms with van der Waals surface area (Å²) in [5.41, 5.74) is -1.20. The number of hydrogen-bond acceptors (Lipinski definition) is 4. The Morgan fingerprint density at radius 3 is 2.78 bits per heavy atom. The first-order valence-corrected chi connectivity index (χ1v) is 5.49. The zero-order valence-electron chi connectivity index (χ0n) is 9.86. The molecule has 18 heavy (non-hydrogen) atoms. The molecule has 0 aliphatic rings. The number of rotatable bonds is 3. The lowest BCUT2D eigenvalue weighted by molar-refractivity contribution is 0.516. The lowest BCUT2D eigenvalue weighted by Crippen LogP contribution is -2.31. The quantitative estimate of drug-likeness (QED) is 0.796. The summed E-state index contributed by atoms with van der Waals surface area (Å²) in [7, 11) is 0. The van der Waals surface area contributed by atoms with Crippen LogP contribution in [0.2, 0.25) is 0 Å². The van der Waals surface area contributed by atoms with Crippen LogP contribution >= 0.6 is 0 Å². The van der Waals surface area contributed by atoms with Gasteiger partial charge in [-0.25, -0.2) is 9.59 Å². The third-order valence-electron chi connectivity index (χ3n) is 2.65. The first-order chi connectivity index (χ1) is 8.58. The zero-order valence-corrected chi connectivity index (χ0v) is 9.86. The maximum absolute atomic E-state index is 11.8. The van der Waals surface area contributed by atoms with Crippen molar-refractivity contribution in [2.75, 3.05) is 0 Å². The number of fused-ring (bicyclic) bond motifs is 1. The fourth-order valence-electron chi connectivity index (χ4n) is 1.85. The standard InChI is InChI=1S/C12H12N2O4/c1-3-5-14-11-9(10(16)13-12(14)17)7(4-2)6-8(15)18-11/h3,6H,1,4-5H2,2H3,(H,13,16,17). The third kappa shape index (κ3) is 1.81. The zero-order chi connectivity index (χ0) is 13.3. The minimum absolute atomic E-state index is 0.00648. The molecule has 0 spiro atoms. The van der Waals surface area contributed by atoms with E-state index in [1.54, 1.807) is 0 Å². The number of H-pyrrole nitrogens is 1. The third-order valence-corrected chi connectivity index (χ3v) is 2.65. The number of allylic oxidation sites excluding steroid dienone is 1. The molecule has 0 unspecified atom stereocenters. The molecule has 6 heteroatoms. The number of nitrogens with zero attached hydrogens (tertiary/aromatic N) is 1. The molecule has 2 aromatic rings. The molecule has 2 aromatic heterocycles. The second-order valence-electron chi connectivity index (χ2n) is 3.78. The Kier molecular flexibility index (Phi) is 3.01. The summed E-state index contributed by atoms with van der Waals surface area (Å²) in [4.78, 5) is 37.1. The minimum atomic E-state index is -0.621. The highest BCUT2D eigenvalue weighted by Gasteiger charge is 2.13.